The summed E-state index contributed by atoms with van der Waals surface area (Å²) in [5.74, 6) is 0. The molecule has 0 spiro atoms. The number of benzene rings is 3. The van der Waals surface area contributed by atoms with Crippen LogP contribution in [0.2, 0.25) is 0 Å². The molecule has 0 atom stereocenters. The van der Waals surface area contributed by atoms with Crippen LogP contribution in [0, 0.1) is 0 Å². The largest absolute Gasteiger partial charge is 0.451 e. The lowest BCUT2D eigenvalue weighted by atomic mass is 9.78. The number of nitrogens with zero attached hydrogens (tertiary/aromatic N) is 1. The van der Waals surface area contributed by atoms with Crippen LogP contribution in [-0.2, 0) is 30.5 Å². The molecule has 0 bridgehead atoms. The van der Waals surface area contributed by atoms with E-state index in [4.69, 9.17) is 0 Å². The highest BCUT2D eigenvalue weighted by Gasteiger charge is 2.23. The molecule has 0 saturated heterocycles. The molecule has 2 aliphatic carbocycles. The summed E-state index contributed by atoms with van der Waals surface area (Å²) in [6.45, 7) is 0.0875. The molecule has 6 rings (SSSR count). The van der Waals surface area contributed by atoms with Crippen molar-refractivity contribution in [3.63, 3.8) is 0 Å². The van der Waals surface area contributed by atoms with E-state index in [0.29, 0.717) is 5.06 Å². The molecular weight excluding hydrogens is 466 g/mol. The van der Waals surface area contributed by atoms with Crippen LogP contribution in [0.4, 0.5) is 4.79 Å². The summed E-state index contributed by atoms with van der Waals surface area (Å²) in [6, 6.07) is 25.8. The Labute approximate surface area is 215 Å². The number of thiophene rings is 1. The second kappa shape index (κ2) is 9.41. The van der Waals surface area contributed by atoms with Gasteiger partial charge in [-0.25, -0.2) is 4.79 Å². The van der Waals surface area contributed by atoms with Gasteiger partial charge in [-0.1, -0.05) is 66.7 Å². The number of amides is 1. The zero-order chi connectivity index (χ0) is 24.6. The van der Waals surface area contributed by atoms with E-state index in [9.17, 15) is 10.0 Å². The Kier molecular flexibility index (Phi) is 5.96. The molecule has 36 heavy (non-hydrogen) atoms. The molecule has 0 radical (unpaired) electrons. The molecule has 2 aliphatic rings. The smallest absolute Gasteiger partial charge is 0.433 e. The number of carbonyl (C=O) groups excluding carboxylic acids is 1. The van der Waals surface area contributed by atoms with Crippen molar-refractivity contribution in [3.05, 3.63) is 105 Å². The molecule has 0 saturated carbocycles. The Bertz CT molecular complexity index is 1480. The minimum atomic E-state index is -0.769. The Morgan fingerprint density at radius 2 is 1.64 bits per heavy atom. The van der Waals surface area contributed by atoms with Gasteiger partial charge in [-0.3, -0.25) is 5.21 Å². The molecule has 180 valence electrons. The first kappa shape index (κ1) is 22.8. The highest BCUT2D eigenvalue weighted by atomic mass is 32.1. The van der Waals surface area contributed by atoms with Crippen molar-refractivity contribution in [2.24, 2.45) is 0 Å². The van der Waals surface area contributed by atoms with Crippen LogP contribution in [0.15, 0.2) is 72.8 Å². The maximum atomic E-state index is 11.4. The molecule has 4 nitrogen and oxygen atoms in total. The molecular formula is C31H27NO3S. The molecule has 0 aliphatic heterocycles. The van der Waals surface area contributed by atoms with Gasteiger partial charge in [0.15, 0.2) is 0 Å². The lowest BCUT2D eigenvalue weighted by Crippen LogP contribution is -2.26. The minimum Gasteiger partial charge on any atom is -0.451 e. The Balaban J connectivity index is 1.23. The van der Waals surface area contributed by atoms with Crippen molar-refractivity contribution in [2.45, 2.75) is 32.2 Å². The van der Waals surface area contributed by atoms with E-state index in [-0.39, 0.29) is 6.54 Å². The van der Waals surface area contributed by atoms with Gasteiger partial charge in [0, 0.05) is 9.75 Å². The fraction of sp³-hybridized carbons (Fsp3) is 0.194. The number of rotatable bonds is 4. The van der Waals surface area contributed by atoms with Crippen LogP contribution in [0.3, 0.4) is 0 Å². The Morgan fingerprint density at radius 3 is 2.47 bits per heavy atom. The zero-order valence-corrected chi connectivity index (χ0v) is 21.0. The average molecular weight is 494 g/mol. The van der Waals surface area contributed by atoms with Crippen LogP contribution in [0.1, 0.15) is 39.1 Å². The summed E-state index contributed by atoms with van der Waals surface area (Å²) in [7, 11) is 1.25. The zero-order valence-electron chi connectivity index (χ0n) is 20.2. The van der Waals surface area contributed by atoms with Gasteiger partial charge in [-0.15, -0.1) is 11.3 Å². The minimum absolute atomic E-state index is 0.0875. The van der Waals surface area contributed by atoms with Crippen LogP contribution in [-0.4, -0.2) is 23.5 Å². The number of methoxy groups -OCH3 is 1. The quantitative estimate of drug-likeness (QED) is 0.235. The maximum Gasteiger partial charge on any atom is 0.433 e. The summed E-state index contributed by atoms with van der Waals surface area (Å²) < 4.78 is 4.53. The molecule has 0 fully saturated rings. The van der Waals surface area contributed by atoms with Crippen LogP contribution in [0.5, 0.6) is 0 Å². The second-order valence-corrected chi connectivity index (χ2v) is 10.5. The van der Waals surface area contributed by atoms with Crippen molar-refractivity contribution < 1.29 is 14.7 Å². The van der Waals surface area contributed by atoms with Crippen molar-refractivity contribution in [2.75, 3.05) is 7.11 Å². The predicted molar refractivity (Wildman–Crippen MR) is 145 cm³/mol. The summed E-state index contributed by atoms with van der Waals surface area (Å²) >= 11 is 1.81. The van der Waals surface area contributed by atoms with Gasteiger partial charge in [-0.2, -0.15) is 5.06 Å². The number of allylic oxidation sites excluding steroid dienone is 1. The Morgan fingerprint density at radius 1 is 0.861 bits per heavy atom. The van der Waals surface area contributed by atoms with E-state index < -0.39 is 6.09 Å². The first-order chi connectivity index (χ1) is 17.6. The van der Waals surface area contributed by atoms with Gasteiger partial charge in [0.2, 0.25) is 0 Å². The van der Waals surface area contributed by atoms with Gasteiger partial charge in [0.25, 0.3) is 0 Å². The maximum absolute atomic E-state index is 11.4. The highest BCUT2D eigenvalue weighted by molar-refractivity contribution is 7.16. The lowest BCUT2D eigenvalue weighted by molar-refractivity contribution is -0.0762. The van der Waals surface area contributed by atoms with Gasteiger partial charge in [0.05, 0.1) is 13.7 Å². The van der Waals surface area contributed by atoms with E-state index >= 15 is 0 Å². The van der Waals surface area contributed by atoms with Crippen LogP contribution < -0.4 is 0 Å². The third-order valence-electron chi connectivity index (χ3n) is 7.27. The first-order valence-electron chi connectivity index (χ1n) is 12.3. The van der Waals surface area contributed by atoms with E-state index in [1.165, 1.54) is 50.3 Å². The average Bonchev–Trinajstić information content (AvgIpc) is 3.42. The van der Waals surface area contributed by atoms with Crippen LogP contribution in [0.25, 0.3) is 33.2 Å². The van der Waals surface area contributed by atoms with Gasteiger partial charge >= 0.3 is 6.09 Å². The molecule has 4 aromatic rings. The van der Waals surface area contributed by atoms with Crippen molar-refractivity contribution >= 4 is 29.1 Å². The molecule has 0 unspecified atom stereocenters. The van der Waals surface area contributed by atoms with Crippen molar-refractivity contribution in [1.29, 1.82) is 0 Å². The fourth-order valence-corrected chi connectivity index (χ4v) is 6.49. The van der Waals surface area contributed by atoms with Crippen molar-refractivity contribution in [3.8, 4) is 21.6 Å². The number of fused-ring (bicyclic) bond motifs is 5. The van der Waals surface area contributed by atoms with E-state index in [2.05, 4.69) is 59.3 Å². The van der Waals surface area contributed by atoms with E-state index in [0.717, 1.165) is 36.8 Å². The van der Waals surface area contributed by atoms with E-state index in [1.807, 2.05) is 35.6 Å². The highest BCUT2D eigenvalue weighted by Crippen LogP contribution is 2.42. The molecule has 1 heterocycles. The molecule has 3 aromatic carbocycles. The van der Waals surface area contributed by atoms with Crippen molar-refractivity contribution in [1.82, 2.24) is 5.06 Å². The van der Waals surface area contributed by atoms with Gasteiger partial charge < -0.3 is 4.74 Å². The molecule has 5 heteroatoms. The number of hydroxylamine groups is 2. The second-order valence-electron chi connectivity index (χ2n) is 9.37. The number of hydrogen-bond donors (Lipinski definition) is 1. The Hall–Kier alpha value is -3.67. The molecule has 1 amide bonds. The standard InChI is InChI=1S/C31H27NO3S/c1-35-31(33)32(34)19-20-6-8-22(9-7-20)29-16-17-30(36-29)24-12-13-26-23(18-24)11-15-27-25-5-3-2-4-21(25)10-14-28(26)27/h2-9,11,15-18,34H,10,12-14,19H2,1H3. The number of hydrogen-bond acceptors (Lipinski definition) is 4. The van der Waals surface area contributed by atoms with E-state index in [1.54, 1.807) is 5.56 Å². The van der Waals surface area contributed by atoms with Crippen LogP contribution >= 0.6 is 11.3 Å². The number of aryl methyl sites for hydroxylation is 1. The number of carbonyl (C=O) groups is 1. The predicted octanol–water partition coefficient (Wildman–Crippen LogP) is 7.63. The molecule has 1 N–H and O–H groups in total. The summed E-state index contributed by atoms with van der Waals surface area (Å²) in [6.07, 6.45) is 6.03. The summed E-state index contributed by atoms with van der Waals surface area (Å²) in [5, 5.41) is 10.3. The normalized spacial score (nSPS) is 13.8. The molecule has 1 aromatic heterocycles. The lowest BCUT2D eigenvalue weighted by Gasteiger charge is -2.26. The fourth-order valence-electron chi connectivity index (χ4n) is 5.44. The topological polar surface area (TPSA) is 49.8 Å². The summed E-state index contributed by atoms with van der Waals surface area (Å²) in [5.41, 5.74) is 12.1. The monoisotopic (exact) mass is 493 g/mol. The first-order valence-corrected chi connectivity index (χ1v) is 13.1. The summed E-state index contributed by atoms with van der Waals surface area (Å²) in [4.78, 5) is 13.9. The third kappa shape index (κ3) is 4.15. The SMILES string of the molecule is COC(=O)N(O)Cc1ccc(-c2ccc(C3=Cc4ccc5c(c4CC3)CCc3ccccc3-5)s2)cc1. The number of ether oxygens (including phenoxy) is 1. The third-order valence-corrected chi connectivity index (χ3v) is 8.48. The van der Waals surface area contributed by atoms with Gasteiger partial charge in [-0.05, 0) is 87.9 Å². The van der Waals surface area contributed by atoms with Gasteiger partial charge in [0.1, 0.15) is 0 Å².